The molecule has 1 saturated heterocycles. The summed E-state index contributed by atoms with van der Waals surface area (Å²) in [5.74, 6) is -0.119. The van der Waals surface area contributed by atoms with Crippen molar-refractivity contribution in [2.45, 2.75) is 51.7 Å². The van der Waals surface area contributed by atoms with Gasteiger partial charge in [0.25, 0.3) is 0 Å². The van der Waals surface area contributed by atoms with Crippen molar-refractivity contribution in [3.8, 4) is 0 Å². The van der Waals surface area contributed by atoms with Crippen LogP contribution in [0.5, 0.6) is 0 Å². The van der Waals surface area contributed by atoms with E-state index in [9.17, 15) is 9.59 Å². The zero-order valence-electron chi connectivity index (χ0n) is 13.6. The van der Waals surface area contributed by atoms with E-state index in [1.165, 1.54) is 7.11 Å². The van der Waals surface area contributed by atoms with Crippen molar-refractivity contribution >= 4 is 11.9 Å². The highest BCUT2D eigenvalue weighted by Gasteiger charge is 2.28. The molecule has 21 heavy (non-hydrogen) atoms. The standard InChI is InChI=1S/C15H28N2O4/c1-15(2,3)21-14(19)10-17-8-11(7-12(16)9-17)5-6-13(18)20-4/h11-12H,5-10,16H2,1-4H3. The molecule has 2 unspecified atom stereocenters. The van der Waals surface area contributed by atoms with Crippen LogP contribution in [0.2, 0.25) is 0 Å². The molecular formula is C15H28N2O4. The van der Waals surface area contributed by atoms with Gasteiger partial charge in [0.1, 0.15) is 5.60 Å². The fourth-order valence-corrected chi connectivity index (χ4v) is 2.67. The molecule has 2 atom stereocenters. The van der Waals surface area contributed by atoms with Crippen molar-refractivity contribution in [3.05, 3.63) is 0 Å². The molecule has 0 spiro atoms. The number of piperidine rings is 1. The molecule has 0 aromatic carbocycles. The number of carbonyl (C=O) groups excluding carboxylic acids is 2. The van der Waals surface area contributed by atoms with Crippen LogP contribution in [0.15, 0.2) is 0 Å². The molecule has 1 fully saturated rings. The molecule has 0 amide bonds. The number of esters is 2. The minimum atomic E-state index is -0.473. The number of nitrogens with zero attached hydrogens (tertiary/aromatic N) is 1. The van der Waals surface area contributed by atoms with Gasteiger partial charge < -0.3 is 15.2 Å². The van der Waals surface area contributed by atoms with Crippen molar-refractivity contribution in [1.82, 2.24) is 4.90 Å². The van der Waals surface area contributed by atoms with Gasteiger partial charge in [0.05, 0.1) is 13.7 Å². The summed E-state index contributed by atoms with van der Waals surface area (Å²) >= 11 is 0. The molecule has 6 heteroatoms. The van der Waals surface area contributed by atoms with Gasteiger partial charge >= 0.3 is 11.9 Å². The SMILES string of the molecule is COC(=O)CCC1CC(N)CN(CC(=O)OC(C)(C)C)C1. The molecule has 1 aliphatic rings. The molecule has 1 rings (SSSR count). The number of hydrogen-bond acceptors (Lipinski definition) is 6. The Morgan fingerprint density at radius 3 is 2.48 bits per heavy atom. The fourth-order valence-electron chi connectivity index (χ4n) is 2.67. The largest absolute Gasteiger partial charge is 0.469 e. The Balaban J connectivity index is 2.44. The summed E-state index contributed by atoms with van der Waals surface area (Å²) < 4.78 is 9.99. The van der Waals surface area contributed by atoms with E-state index in [0.717, 1.165) is 19.4 Å². The Labute approximate surface area is 126 Å². The van der Waals surface area contributed by atoms with Crippen molar-refractivity contribution in [1.29, 1.82) is 0 Å². The Bertz CT molecular complexity index is 365. The lowest BCUT2D eigenvalue weighted by Gasteiger charge is -2.36. The number of methoxy groups -OCH3 is 1. The van der Waals surface area contributed by atoms with Crippen LogP contribution in [0.1, 0.15) is 40.0 Å². The number of likely N-dealkylation sites (tertiary alicyclic amines) is 1. The molecule has 122 valence electrons. The Kier molecular flexibility index (Phi) is 6.61. The molecule has 2 N–H and O–H groups in total. The van der Waals surface area contributed by atoms with Crippen LogP contribution in [0.25, 0.3) is 0 Å². The summed E-state index contributed by atoms with van der Waals surface area (Å²) in [6.45, 7) is 7.27. The van der Waals surface area contributed by atoms with Crippen molar-refractivity contribution < 1.29 is 19.1 Å². The van der Waals surface area contributed by atoms with Gasteiger partial charge in [0.2, 0.25) is 0 Å². The maximum absolute atomic E-state index is 11.9. The second-order valence-corrected chi connectivity index (χ2v) is 6.76. The van der Waals surface area contributed by atoms with E-state index >= 15 is 0 Å². The van der Waals surface area contributed by atoms with Gasteiger partial charge in [-0.15, -0.1) is 0 Å². The molecule has 1 aliphatic heterocycles. The first kappa shape index (κ1) is 17.9. The van der Waals surface area contributed by atoms with E-state index in [1.807, 2.05) is 25.7 Å². The Morgan fingerprint density at radius 1 is 1.24 bits per heavy atom. The normalized spacial score (nSPS) is 23.7. The van der Waals surface area contributed by atoms with E-state index in [4.69, 9.17) is 10.5 Å². The summed E-state index contributed by atoms with van der Waals surface area (Å²) in [5.41, 5.74) is 5.57. The van der Waals surface area contributed by atoms with Crippen molar-refractivity contribution in [3.63, 3.8) is 0 Å². The first-order valence-electron chi connectivity index (χ1n) is 7.46. The van der Waals surface area contributed by atoms with Crippen LogP contribution >= 0.6 is 0 Å². The lowest BCUT2D eigenvalue weighted by Crippen LogP contribution is -2.49. The number of rotatable bonds is 5. The van der Waals surface area contributed by atoms with E-state index in [-0.39, 0.29) is 24.5 Å². The average Bonchev–Trinajstić information content (AvgIpc) is 2.32. The predicted octanol–water partition coefficient (Wildman–Crippen LogP) is 0.931. The fraction of sp³-hybridized carbons (Fsp3) is 0.867. The molecule has 0 saturated carbocycles. The topological polar surface area (TPSA) is 81.9 Å². The Morgan fingerprint density at radius 2 is 1.90 bits per heavy atom. The third-order valence-corrected chi connectivity index (χ3v) is 3.40. The van der Waals surface area contributed by atoms with Gasteiger partial charge in [-0.1, -0.05) is 0 Å². The number of hydrogen-bond donors (Lipinski definition) is 1. The highest BCUT2D eigenvalue weighted by Crippen LogP contribution is 2.21. The maximum atomic E-state index is 11.9. The van der Waals surface area contributed by atoms with E-state index < -0.39 is 5.60 Å². The van der Waals surface area contributed by atoms with Crippen molar-refractivity contribution in [2.24, 2.45) is 11.7 Å². The van der Waals surface area contributed by atoms with Gasteiger partial charge in [-0.2, -0.15) is 0 Å². The summed E-state index contributed by atoms with van der Waals surface area (Å²) in [6, 6.07) is 0.0313. The highest BCUT2D eigenvalue weighted by molar-refractivity contribution is 5.72. The van der Waals surface area contributed by atoms with Crippen LogP contribution in [-0.4, -0.2) is 55.2 Å². The van der Waals surface area contributed by atoms with Crippen LogP contribution in [0, 0.1) is 5.92 Å². The second kappa shape index (κ2) is 7.75. The van der Waals surface area contributed by atoms with Crippen molar-refractivity contribution in [2.75, 3.05) is 26.7 Å². The van der Waals surface area contributed by atoms with Crippen LogP contribution < -0.4 is 5.73 Å². The molecule has 0 bridgehead atoms. The van der Waals surface area contributed by atoms with Gasteiger partial charge in [-0.3, -0.25) is 14.5 Å². The molecule has 0 aromatic rings. The average molecular weight is 300 g/mol. The summed E-state index contributed by atoms with van der Waals surface area (Å²) in [7, 11) is 1.39. The Hall–Kier alpha value is -1.14. The summed E-state index contributed by atoms with van der Waals surface area (Å²) in [5, 5.41) is 0. The lowest BCUT2D eigenvalue weighted by atomic mass is 9.91. The third kappa shape index (κ3) is 7.43. The quantitative estimate of drug-likeness (QED) is 0.761. The number of nitrogens with two attached hydrogens (primary N) is 1. The first-order valence-corrected chi connectivity index (χ1v) is 7.46. The monoisotopic (exact) mass is 300 g/mol. The van der Waals surface area contributed by atoms with E-state index in [0.29, 0.717) is 18.9 Å². The van der Waals surface area contributed by atoms with Gasteiger partial charge in [-0.25, -0.2) is 0 Å². The minimum absolute atomic E-state index is 0.0313. The summed E-state index contributed by atoms with van der Waals surface area (Å²) in [6.07, 6.45) is 2.02. The second-order valence-electron chi connectivity index (χ2n) is 6.76. The lowest BCUT2D eigenvalue weighted by molar-refractivity contribution is -0.156. The molecular weight excluding hydrogens is 272 g/mol. The molecule has 0 aliphatic carbocycles. The van der Waals surface area contributed by atoms with E-state index in [2.05, 4.69) is 4.74 Å². The minimum Gasteiger partial charge on any atom is -0.469 e. The summed E-state index contributed by atoms with van der Waals surface area (Å²) in [4.78, 5) is 25.1. The number of carbonyl (C=O) groups is 2. The first-order chi connectivity index (χ1) is 9.69. The highest BCUT2D eigenvalue weighted by atomic mass is 16.6. The van der Waals surface area contributed by atoms with Crippen LogP contribution in [0.3, 0.4) is 0 Å². The molecule has 1 heterocycles. The van der Waals surface area contributed by atoms with Crippen LogP contribution in [0.4, 0.5) is 0 Å². The molecule has 0 aromatic heterocycles. The molecule has 0 radical (unpaired) electrons. The smallest absolute Gasteiger partial charge is 0.320 e. The van der Waals surface area contributed by atoms with Gasteiger partial charge in [0.15, 0.2) is 0 Å². The zero-order valence-corrected chi connectivity index (χ0v) is 13.6. The zero-order chi connectivity index (χ0) is 16.0. The van der Waals surface area contributed by atoms with Gasteiger partial charge in [-0.05, 0) is 39.5 Å². The van der Waals surface area contributed by atoms with Gasteiger partial charge in [0, 0.05) is 25.6 Å². The molecule has 6 nitrogen and oxygen atoms in total. The predicted molar refractivity (Wildman–Crippen MR) is 79.6 cm³/mol. The van der Waals surface area contributed by atoms with Crippen LogP contribution in [-0.2, 0) is 19.1 Å². The van der Waals surface area contributed by atoms with E-state index in [1.54, 1.807) is 0 Å². The third-order valence-electron chi connectivity index (χ3n) is 3.40. The maximum Gasteiger partial charge on any atom is 0.320 e. The number of ether oxygens (including phenoxy) is 2.